The van der Waals surface area contributed by atoms with Gasteiger partial charge in [0.2, 0.25) is 0 Å². The molecule has 4 heterocycles. The molecule has 0 saturated heterocycles. The van der Waals surface area contributed by atoms with Crippen molar-refractivity contribution >= 4 is 132 Å². The van der Waals surface area contributed by atoms with Crippen LogP contribution in [0.4, 0.5) is 0 Å². The van der Waals surface area contributed by atoms with Crippen molar-refractivity contribution in [2.45, 2.75) is 116 Å². The molecular weight excluding hydrogens is 737 g/mol. The lowest BCUT2D eigenvalue weighted by molar-refractivity contribution is 0.837. The molecule has 0 aliphatic rings. The van der Waals surface area contributed by atoms with Crippen LogP contribution in [-0.2, 0) is 0 Å². The maximum absolute atomic E-state index is 2.59. The van der Waals surface area contributed by atoms with Gasteiger partial charge in [0.1, 0.15) is 16.1 Å². The summed E-state index contributed by atoms with van der Waals surface area (Å²) in [7, 11) is -3.32. The standard InChI is InChI=1S/C32H48S2Si2.C14H8S2/c1-19(2)35(20(3)4,21(5)6)29-17-25-13-15-28-27(31(25)33-29)16-14-26-18-30(34-32(26)28)36(22(7)8,23(9)10)24(11)12;1-3-11-12(13-9(1)5-7-15-13)4-2-10-6-8-16-14(10)11/h13-24H,1-12H3;1-8H. The molecule has 0 atom stereocenters. The number of hydrogen-bond donors (Lipinski definition) is 0. The van der Waals surface area contributed by atoms with Gasteiger partial charge in [-0.1, -0.05) is 132 Å². The molecule has 0 fully saturated rings. The Morgan fingerprint density at radius 3 is 0.942 bits per heavy atom. The minimum Gasteiger partial charge on any atom is -0.144 e. The van der Waals surface area contributed by atoms with Crippen molar-refractivity contribution in [1.29, 1.82) is 0 Å². The van der Waals surface area contributed by atoms with Gasteiger partial charge in [-0.05, 0) is 98.8 Å². The molecule has 0 amide bonds. The first kappa shape index (κ1) is 38.0. The first-order valence-electron chi connectivity index (χ1n) is 19.4. The van der Waals surface area contributed by atoms with Gasteiger partial charge in [0, 0.05) is 40.3 Å². The molecule has 6 heteroatoms. The molecular formula is C46H56S4Si2. The van der Waals surface area contributed by atoms with Crippen LogP contribution in [-0.4, -0.2) is 16.1 Å². The molecule has 0 spiro atoms. The second-order valence-electron chi connectivity index (χ2n) is 17.0. The summed E-state index contributed by atoms with van der Waals surface area (Å²) in [6.07, 6.45) is 0. The van der Waals surface area contributed by atoms with Crippen LogP contribution in [0.3, 0.4) is 0 Å². The van der Waals surface area contributed by atoms with Gasteiger partial charge >= 0.3 is 0 Å². The lowest BCUT2D eigenvalue weighted by atomic mass is 10.1. The summed E-state index contributed by atoms with van der Waals surface area (Å²) in [5, 5.41) is 15.7. The van der Waals surface area contributed by atoms with Crippen LogP contribution in [0.15, 0.2) is 83.6 Å². The van der Waals surface area contributed by atoms with Gasteiger partial charge in [0.15, 0.2) is 0 Å². The lowest BCUT2D eigenvalue weighted by Crippen LogP contribution is -2.54. The highest BCUT2D eigenvalue weighted by molar-refractivity contribution is 7.34. The number of hydrogen-bond acceptors (Lipinski definition) is 4. The van der Waals surface area contributed by atoms with E-state index >= 15 is 0 Å². The topological polar surface area (TPSA) is 0 Å². The highest BCUT2D eigenvalue weighted by atomic mass is 32.1. The molecule has 0 nitrogen and oxygen atoms in total. The minimum atomic E-state index is -1.66. The summed E-state index contributed by atoms with van der Waals surface area (Å²) in [6, 6.07) is 28.2. The van der Waals surface area contributed by atoms with Crippen LogP contribution in [0, 0.1) is 0 Å². The highest BCUT2D eigenvalue weighted by Crippen LogP contribution is 2.47. The molecule has 8 rings (SSSR count). The van der Waals surface area contributed by atoms with Gasteiger partial charge in [0.05, 0.1) is 0 Å². The molecule has 272 valence electrons. The first-order chi connectivity index (χ1) is 24.7. The fourth-order valence-corrected chi connectivity index (χ4v) is 33.0. The molecule has 0 bridgehead atoms. The Hall–Kier alpha value is -2.33. The molecule has 0 aliphatic heterocycles. The van der Waals surface area contributed by atoms with Crippen LogP contribution >= 0.6 is 45.3 Å². The van der Waals surface area contributed by atoms with Crippen LogP contribution in [0.5, 0.6) is 0 Å². The fraction of sp³-hybridized carbons (Fsp3) is 0.391. The van der Waals surface area contributed by atoms with Crippen molar-refractivity contribution < 1.29 is 0 Å². The second kappa shape index (κ2) is 14.4. The van der Waals surface area contributed by atoms with Crippen LogP contribution < -0.4 is 9.00 Å². The Morgan fingerprint density at radius 1 is 0.346 bits per heavy atom. The van der Waals surface area contributed by atoms with Crippen molar-refractivity contribution in [3.8, 4) is 0 Å². The molecule has 52 heavy (non-hydrogen) atoms. The summed E-state index contributed by atoms with van der Waals surface area (Å²) in [5.41, 5.74) is 4.44. The second-order valence-corrected chi connectivity index (χ2v) is 33.4. The monoisotopic (exact) mass is 792 g/mol. The normalized spacial score (nSPS) is 13.3. The van der Waals surface area contributed by atoms with Crippen LogP contribution in [0.1, 0.15) is 83.1 Å². The SMILES string of the molecule is CC(C)[Si](c1cc2ccc3c(ccc4cc([Si](C(C)C)(C(C)C)C(C)C)sc43)c2s1)(C(C)C)C(C)C.c1cc2ccc3c(ccc4ccsc43)c2s1. The molecule has 0 unspecified atom stereocenters. The van der Waals surface area contributed by atoms with Crippen molar-refractivity contribution in [3.63, 3.8) is 0 Å². The number of thiophene rings is 4. The Labute approximate surface area is 329 Å². The zero-order valence-corrected chi connectivity index (χ0v) is 38.4. The molecule has 0 saturated carbocycles. The smallest absolute Gasteiger partial charge is 0.107 e. The molecule has 8 aromatic rings. The Bertz CT molecular complexity index is 2300. The van der Waals surface area contributed by atoms with Crippen molar-refractivity contribution in [2.75, 3.05) is 0 Å². The molecule has 4 aromatic carbocycles. The number of rotatable bonds is 8. The summed E-state index contributed by atoms with van der Waals surface area (Å²) >= 11 is 7.92. The molecule has 0 aliphatic carbocycles. The van der Waals surface area contributed by atoms with E-state index in [0.717, 1.165) is 33.2 Å². The van der Waals surface area contributed by atoms with Gasteiger partial charge in [-0.3, -0.25) is 0 Å². The van der Waals surface area contributed by atoms with E-state index in [0.29, 0.717) is 0 Å². The molecule has 0 radical (unpaired) electrons. The van der Waals surface area contributed by atoms with Crippen LogP contribution in [0.25, 0.3) is 61.9 Å². The van der Waals surface area contributed by atoms with E-state index in [1.807, 2.05) is 22.7 Å². The minimum absolute atomic E-state index is 0.740. The van der Waals surface area contributed by atoms with Crippen molar-refractivity contribution in [3.05, 3.63) is 83.6 Å². The number of benzene rings is 4. The predicted molar refractivity (Wildman–Crippen MR) is 251 cm³/mol. The summed E-state index contributed by atoms with van der Waals surface area (Å²) < 4.78 is 9.27. The van der Waals surface area contributed by atoms with Gasteiger partial charge < -0.3 is 0 Å². The first-order valence-corrected chi connectivity index (χ1v) is 27.3. The van der Waals surface area contributed by atoms with E-state index in [2.05, 4.69) is 189 Å². The Balaban J connectivity index is 0.000000215. The third kappa shape index (κ3) is 5.81. The van der Waals surface area contributed by atoms with E-state index in [1.54, 1.807) is 9.00 Å². The largest absolute Gasteiger partial charge is 0.144 e. The number of fused-ring (bicyclic) bond motifs is 10. The lowest BCUT2D eigenvalue weighted by Gasteiger charge is -2.42. The van der Waals surface area contributed by atoms with E-state index in [9.17, 15) is 0 Å². The third-order valence-electron chi connectivity index (χ3n) is 12.8. The van der Waals surface area contributed by atoms with Crippen LogP contribution in [0.2, 0.25) is 33.2 Å². The quantitative estimate of drug-likeness (QED) is 0.134. The van der Waals surface area contributed by atoms with E-state index in [1.165, 1.54) is 61.9 Å². The van der Waals surface area contributed by atoms with Crippen molar-refractivity contribution in [1.82, 2.24) is 0 Å². The summed E-state index contributed by atoms with van der Waals surface area (Å²) in [4.78, 5) is 0. The summed E-state index contributed by atoms with van der Waals surface area (Å²) in [5.74, 6) is 0. The highest BCUT2D eigenvalue weighted by Gasteiger charge is 2.47. The third-order valence-corrected chi connectivity index (χ3v) is 32.9. The van der Waals surface area contributed by atoms with Gasteiger partial charge in [-0.15, -0.1) is 45.3 Å². The molecule has 0 N–H and O–H groups in total. The maximum Gasteiger partial charge on any atom is 0.107 e. The fourth-order valence-electron chi connectivity index (χ4n) is 10.8. The average Bonchev–Trinajstić information content (AvgIpc) is 3.89. The maximum atomic E-state index is 2.59. The van der Waals surface area contributed by atoms with Gasteiger partial charge in [0.25, 0.3) is 0 Å². The van der Waals surface area contributed by atoms with E-state index in [4.69, 9.17) is 0 Å². The average molecular weight is 793 g/mol. The van der Waals surface area contributed by atoms with Gasteiger partial charge in [-0.25, -0.2) is 0 Å². The Morgan fingerprint density at radius 2 is 0.635 bits per heavy atom. The van der Waals surface area contributed by atoms with Crippen molar-refractivity contribution in [2.24, 2.45) is 0 Å². The molecule has 4 aromatic heterocycles. The van der Waals surface area contributed by atoms with E-state index < -0.39 is 16.1 Å². The van der Waals surface area contributed by atoms with Gasteiger partial charge in [-0.2, -0.15) is 0 Å². The Kier molecular flexibility index (Phi) is 10.5. The zero-order valence-electron chi connectivity index (χ0n) is 33.2. The van der Waals surface area contributed by atoms with E-state index in [-0.39, 0.29) is 0 Å². The summed E-state index contributed by atoms with van der Waals surface area (Å²) in [6.45, 7) is 29.8. The predicted octanol–water partition coefficient (Wildman–Crippen LogP) is 16.3. The zero-order chi connectivity index (χ0) is 37.3.